The maximum Gasteiger partial charge on any atom is 0.0827 e. The molecule has 19 heavy (non-hydrogen) atoms. The second-order valence-electron chi connectivity index (χ2n) is 4.63. The first kappa shape index (κ1) is 20.3. The Morgan fingerprint density at radius 1 is 1.42 bits per heavy atom. The Hall–Kier alpha value is 1.31. The van der Waals surface area contributed by atoms with Crippen molar-refractivity contribution < 1.29 is 93.3 Å². The van der Waals surface area contributed by atoms with Gasteiger partial charge in [-0.1, -0.05) is 25.1 Å². The molecule has 0 saturated heterocycles. The Kier molecular flexibility index (Phi) is 10.8. The fourth-order valence-corrected chi connectivity index (χ4v) is 2.11. The van der Waals surface area contributed by atoms with Crippen LogP contribution in [0.2, 0.25) is 0 Å². The number of aliphatic imine (C=N–C) groups is 1. The number of allylic oxidation sites excluding steroid dienone is 1. The van der Waals surface area contributed by atoms with Crippen LogP contribution in [0.3, 0.4) is 0 Å². The van der Waals surface area contributed by atoms with Gasteiger partial charge in [0, 0.05) is 93.8 Å². The minimum Gasteiger partial charge on any atom is -0.515 e. The van der Waals surface area contributed by atoms with E-state index in [0.29, 0.717) is 5.92 Å². The second kappa shape index (κ2) is 10.1. The van der Waals surface area contributed by atoms with Gasteiger partial charge in [0.1, 0.15) is 0 Å². The fraction of sp³-hybridized carbons (Fsp3) is 0.333. The first-order valence-corrected chi connectivity index (χ1v) is 6.01. The van der Waals surface area contributed by atoms with Crippen molar-refractivity contribution in [3.05, 3.63) is 42.5 Å². The van der Waals surface area contributed by atoms with Crippen molar-refractivity contribution >= 4 is 17.0 Å². The van der Waals surface area contributed by atoms with E-state index in [1.807, 2.05) is 31.2 Å². The molecule has 4 heteroatoms. The van der Waals surface area contributed by atoms with Gasteiger partial charge >= 0.3 is 0 Å². The summed E-state index contributed by atoms with van der Waals surface area (Å²) in [6, 6.07) is 7.94. The number of benzene rings is 1. The first-order chi connectivity index (χ1) is 8.20. The van der Waals surface area contributed by atoms with Gasteiger partial charge in [-0.3, -0.25) is 4.99 Å². The van der Waals surface area contributed by atoms with Gasteiger partial charge in [-0.25, -0.2) is 0 Å². The predicted molar refractivity (Wildman–Crippen MR) is 72.5 cm³/mol. The van der Waals surface area contributed by atoms with Crippen LogP contribution in [0.1, 0.15) is 32.3 Å². The molecule has 1 aliphatic carbocycles. The smallest absolute Gasteiger partial charge is 0.0827 e. The van der Waals surface area contributed by atoms with Gasteiger partial charge in [-0.05, 0) is 30.7 Å². The monoisotopic (exact) mass is 543 g/mol. The van der Waals surface area contributed by atoms with Crippen LogP contribution in [0.15, 0.2) is 35.5 Å². The molecule has 1 N–H and O–H groups in total. The number of hydrogen-bond acceptors (Lipinski definition) is 2. The van der Waals surface area contributed by atoms with E-state index in [1.165, 1.54) is 5.71 Å². The molecule has 1 aliphatic rings. The van der Waals surface area contributed by atoms with Crippen molar-refractivity contribution in [1.82, 2.24) is 0 Å². The molecule has 1 saturated carbocycles. The molecule has 2 rings (SSSR count). The van der Waals surface area contributed by atoms with Crippen molar-refractivity contribution in [2.75, 3.05) is 0 Å². The van der Waals surface area contributed by atoms with Gasteiger partial charge in [0.2, 0.25) is 0 Å². The quantitative estimate of drug-likeness (QED) is 0.439. The van der Waals surface area contributed by atoms with E-state index >= 15 is 0 Å². The van der Waals surface area contributed by atoms with Gasteiger partial charge < -0.3 is 11.5 Å². The molecule has 0 bridgehead atoms. The largest absolute Gasteiger partial charge is 0.515 e. The van der Waals surface area contributed by atoms with E-state index in [2.05, 4.69) is 13.3 Å². The summed E-state index contributed by atoms with van der Waals surface area (Å²) in [4.78, 5) is 4.71. The molecular weight excluding hydrogens is 524 g/mol. The molecule has 0 heterocycles. The van der Waals surface area contributed by atoms with Crippen LogP contribution in [-0.4, -0.2) is 10.8 Å². The summed E-state index contributed by atoms with van der Waals surface area (Å²) < 4.78 is 0. The first-order valence-electron chi connectivity index (χ1n) is 6.01. The SMILES string of the molecule is CC(=CO)c1ccccc1N=C1C[CH-]C(C)C1.[Pr].[Yb]. The minimum absolute atomic E-state index is 0. The molecule has 2 nitrogen and oxygen atoms in total. The molecule has 0 spiro atoms. The van der Waals surface area contributed by atoms with Crippen molar-refractivity contribution in [1.29, 1.82) is 0 Å². The number of para-hydroxylation sites is 1. The summed E-state index contributed by atoms with van der Waals surface area (Å²) in [7, 11) is 0. The van der Waals surface area contributed by atoms with Crippen LogP contribution in [0.5, 0.6) is 0 Å². The topological polar surface area (TPSA) is 32.6 Å². The molecule has 107 valence electrons. The van der Waals surface area contributed by atoms with Gasteiger partial charge in [0.25, 0.3) is 0 Å². The maximum atomic E-state index is 9.10. The van der Waals surface area contributed by atoms with Crippen LogP contribution < -0.4 is 0 Å². The summed E-state index contributed by atoms with van der Waals surface area (Å²) in [6.45, 7) is 4.11. The van der Waals surface area contributed by atoms with Crippen molar-refractivity contribution in [3.63, 3.8) is 0 Å². The molecule has 0 aromatic heterocycles. The van der Waals surface area contributed by atoms with Crippen LogP contribution in [0, 0.1) is 101 Å². The molecule has 0 aliphatic heterocycles. The van der Waals surface area contributed by atoms with E-state index in [1.54, 1.807) is 0 Å². The Morgan fingerprint density at radius 3 is 2.68 bits per heavy atom. The number of nitrogens with zero attached hydrogens (tertiary/aromatic N) is 1. The second-order valence-corrected chi connectivity index (χ2v) is 4.63. The van der Waals surface area contributed by atoms with E-state index in [4.69, 9.17) is 10.1 Å². The maximum absolute atomic E-state index is 9.10. The Balaban J connectivity index is 0.00000162. The zero-order chi connectivity index (χ0) is 12.3. The predicted octanol–water partition coefficient (Wildman–Crippen LogP) is 4.31. The third-order valence-electron chi connectivity index (χ3n) is 3.11. The Labute approximate surface area is 187 Å². The van der Waals surface area contributed by atoms with Crippen molar-refractivity contribution in [2.45, 2.75) is 26.7 Å². The van der Waals surface area contributed by atoms with E-state index < -0.39 is 0 Å². The van der Waals surface area contributed by atoms with E-state index in [9.17, 15) is 0 Å². The summed E-state index contributed by atoms with van der Waals surface area (Å²) in [5.74, 6) is 0.635. The molecule has 1 atom stereocenters. The van der Waals surface area contributed by atoms with Crippen molar-refractivity contribution in [2.24, 2.45) is 10.9 Å². The third kappa shape index (κ3) is 5.90. The normalized spacial score (nSPS) is 20.8. The van der Waals surface area contributed by atoms with Crippen LogP contribution in [0.25, 0.3) is 5.57 Å². The number of aliphatic hydroxyl groups is 1. The molecule has 1 radical (unpaired) electrons. The molecule has 0 amide bonds. The summed E-state index contributed by atoms with van der Waals surface area (Å²) in [5.41, 5.74) is 4.03. The van der Waals surface area contributed by atoms with Crippen LogP contribution in [-0.2, 0) is 0 Å². The minimum atomic E-state index is 0. The molecule has 1 aromatic carbocycles. The molecule has 1 fully saturated rings. The van der Waals surface area contributed by atoms with Crippen LogP contribution >= 0.6 is 0 Å². The number of hydrogen-bond donors (Lipinski definition) is 1. The van der Waals surface area contributed by atoms with Gasteiger partial charge in [-0.15, -0.1) is 6.42 Å². The zero-order valence-electron chi connectivity index (χ0n) is 11.2. The molecule has 1 unspecified atom stereocenters. The molecule has 1 aromatic rings. The average Bonchev–Trinajstić information content (AvgIpc) is 2.74. The Bertz CT molecular complexity index is 471. The van der Waals surface area contributed by atoms with E-state index in [-0.39, 0.29) is 88.2 Å². The van der Waals surface area contributed by atoms with Gasteiger partial charge in [0.05, 0.1) is 11.9 Å². The van der Waals surface area contributed by atoms with E-state index in [0.717, 1.165) is 35.9 Å². The Morgan fingerprint density at radius 2 is 2.11 bits per heavy atom. The van der Waals surface area contributed by atoms with Crippen molar-refractivity contribution in [3.8, 4) is 0 Å². The van der Waals surface area contributed by atoms with Gasteiger partial charge in [0.15, 0.2) is 0 Å². The summed E-state index contributed by atoms with van der Waals surface area (Å²) in [5, 5.41) is 9.10. The number of rotatable bonds is 2. The molecular formula is C15H18NOPrYb-. The summed E-state index contributed by atoms with van der Waals surface area (Å²) >= 11 is 0. The standard InChI is InChI=1S/C15H18NO.Pr.Yb/c1-11-7-8-13(9-11)16-15-6-4-3-5-14(15)12(2)10-17;;/h3-7,10-11,17H,8-9H2,1-2H3;;/q-1;;. The average molecular weight is 542 g/mol. The third-order valence-corrected chi connectivity index (χ3v) is 3.11. The van der Waals surface area contributed by atoms with Gasteiger partial charge in [-0.2, -0.15) is 5.92 Å². The summed E-state index contributed by atoms with van der Waals surface area (Å²) in [6.07, 6.45) is 5.48. The number of aliphatic hydroxyl groups excluding tert-OH is 1. The zero-order valence-corrected chi connectivity index (χ0v) is 16.6. The fourth-order valence-electron chi connectivity index (χ4n) is 2.11. The van der Waals surface area contributed by atoms with Crippen LogP contribution in [0.4, 0.5) is 5.69 Å².